The number of hydrogen-bond donors (Lipinski definition) is 2. The summed E-state index contributed by atoms with van der Waals surface area (Å²) in [4.78, 5) is 16.6. The lowest BCUT2D eigenvalue weighted by molar-refractivity contribution is 0.0303. The minimum absolute atomic E-state index is 0.0245. The molecular weight excluding hydrogens is 441 g/mol. The number of nitrogens with one attached hydrogen (secondary N) is 2. The Balaban J connectivity index is 1.32. The first-order chi connectivity index (χ1) is 16.9. The smallest absolute Gasteiger partial charge is 0.407 e. The average Bonchev–Trinajstić information content (AvgIpc) is 3.23. The number of allylic oxidation sites excluding steroid dienone is 1. The Morgan fingerprint density at radius 1 is 1.29 bits per heavy atom. The van der Waals surface area contributed by atoms with Crippen molar-refractivity contribution in [1.29, 1.82) is 0 Å². The number of fused-ring (bicyclic) bond motifs is 2. The SMILES string of the molecule is CCOC(=O)N[C@@H]1CC[C@@H]2[C@@H](C1)CC1(C)NC=CC1[C@H]2/C=C/c1ccc(-c2cccc(F)c2)cn1. The molecule has 2 heterocycles. The van der Waals surface area contributed by atoms with Gasteiger partial charge in [-0.1, -0.05) is 30.4 Å². The van der Waals surface area contributed by atoms with Crippen LogP contribution in [0.5, 0.6) is 0 Å². The Kier molecular flexibility index (Phi) is 6.63. The molecule has 2 aliphatic carbocycles. The number of halogens is 1. The second kappa shape index (κ2) is 9.84. The molecule has 6 atom stereocenters. The normalized spacial score (nSPS) is 31.5. The van der Waals surface area contributed by atoms with Gasteiger partial charge < -0.3 is 15.4 Å². The first-order valence-electron chi connectivity index (χ1n) is 12.7. The predicted molar refractivity (Wildman–Crippen MR) is 136 cm³/mol. The number of pyridine rings is 1. The van der Waals surface area contributed by atoms with E-state index in [9.17, 15) is 9.18 Å². The van der Waals surface area contributed by atoms with Crippen molar-refractivity contribution in [3.63, 3.8) is 0 Å². The maximum atomic E-state index is 13.6. The molecule has 0 spiro atoms. The molecule has 1 amide bonds. The number of carbonyl (C=O) groups excluding carboxylic acids is 1. The van der Waals surface area contributed by atoms with Crippen molar-refractivity contribution >= 4 is 12.2 Å². The molecular formula is C29H34FN3O2. The third kappa shape index (κ3) is 4.97. The van der Waals surface area contributed by atoms with E-state index < -0.39 is 0 Å². The number of hydrogen-bond acceptors (Lipinski definition) is 4. The van der Waals surface area contributed by atoms with Crippen LogP contribution in [-0.2, 0) is 4.74 Å². The molecule has 5 nitrogen and oxygen atoms in total. The van der Waals surface area contributed by atoms with Crippen molar-refractivity contribution in [1.82, 2.24) is 15.6 Å². The first kappa shape index (κ1) is 23.6. The average molecular weight is 476 g/mol. The van der Waals surface area contributed by atoms with Crippen molar-refractivity contribution in [2.24, 2.45) is 23.7 Å². The summed E-state index contributed by atoms with van der Waals surface area (Å²) in [5, 5.41) is 6.70. The van der Waals surface area contributed by atoms with Crippen LogP contribution >= 0.6 is 0 Å². The van der Waals surface area contributed by atoms with Gasteiger partial charge in [0.15, 0.2) is 0 Å². The van der Waals surface area contributed by atoms with Crippen molar-refractivity contribution < 1.29 is 13.9 Å². The fraction of sp³-hybridized carbons (Fsp3) is 0.448. The number of ether oxygens (including phenoxy) is 1. The quantitative estimate of drug-likeness (QED) is 0.562. The zero-order valence-corrected chi connectivity index (χ0v) is 20.4. The van der Waals surface area contributed by atoms with Gasteiger partial charge in [-0.05, 0) is 93.3 Å². The molecule has 2 unspecified atom stereocenters. The van der Waals surface area contributed by atoms with Crippen LogP contribution in [-0.4, -0.2) is 29.3 Å². The van der Waals surface area contributed by atoms with Gasteiger partial charge in [-0.3, -0.25) is 4.98 Å². The lowest BCUT2D eigenvalue weighted by Crippen LogP contribution is -2.55. The molecule has 184 valence electrons. The fourth-order valence-corrected chi connectivity index (χ4v) is 6.52. The second-order valence-electron chi connectivity index (χ2n) is 10.4. The van der Waals surface area contributed by atoms with E-state index in [1.807, 2.05) is 31.3 Å². The number of amides is 1. The Morgan fingerprint density at radius 3 is 2.94 bits per heavy atom. The zero-order chi connectivity index (χ0) is 24.4. The Labute approximate surface area is 206 Å². The summed E-state index contributed by atoms with van der Waals surface area (Å²) < 4.78 is 18.7. The number of rotatable bonds is 5. The highest BCUT2D eigenvalue weighted by molar-refractivity contribution is 5.67. The van der Waals surface area contributed by atoms with Crippen molar-refractivity contribution in [2.75, 3.05) is 6.61 Å². The fourth-order valence-electron chi connectivity index (χ4n) is 6.52. The van der Waals surface area contributed by atoms with E-state index in [0.29, 0.717) is 30.3 Å². The molecule has 5 rings (SSSR count). The molecule has 35 heavy (non-hydrogen) atoms. The molecule has 0 bridgehead atoms. The molecule has 1 aromatic carbocycles. The minimum Gasteiger partial charge on any atom is -0.450 e. The second-order valence-corrected chi connectivity index (χ2v) is 10.4. The third-order valence-corrected chi connectivity index (χ3v) is 8.12. The molecule has 2 saturated carbocycles. The summed E-state index contributed by atoms with van der Waals surface area (Å²) in [5.74, 6) is 1.69. The van der Waals surface area contributed by atoms with Crippen LogP contribution in [0, 0.1) is 29.5 Å². The van der Waals surface area contributed by atoms with Gasteiger partial charge in [0, 0.05) is 29.3 Å². The molecule has 6 heteroatoms. The summed E-state index contributed by atoms with van der Waals surface area (Å²) in [6.07, 6.45) is 14.6. The van der Waals surface area contributed by atoms with Crippen molar-refractivity contribution in [3.8, 4) is 11.1 Å². The minimum atomic E-state index is -0.305. The van der Waals surface area contributed by atoms with Crippen LogP contribution in [0.15, 0.2) is 60.9 Å². The van der Waals surface area contributed by atoms with E-state index in [4.69, 9.17) is 4.74 Å². The van der Waals surface area contributed by atoms with E-state index in [0.717, 1.165) is 42.5 Å². The van der Waals surface area contributed by atoms with E-state index >= 15 is 0 Å². The maximum Gasteiger partial charge on any atom is 0.407 e. The Bertz CT molecular complexity index is 1120. The monoisotopic (exact) mass is 475 g/mol. The van der Waals surface area contributed by atoms with E-state index in [1.54, 1.807) is 6.07 Å². The van der Waals surface area contributed by atoms with Crippen LogP contribution in [0.3, 0.4) is 0 Å². The van der Waals surface area contributed by atoms with Crippen LogP contribution in [0.4, 0.5) is 9.18 Å². The van der Waals surface area contributed by atoms with Gasteiger partial charge in [0.2, 0.25) is 0 Å². The van der Waals surface area contributed by atoms with Gasteiger partial charge >= 0.3 is 6.09 Å². The van der Waals surface area contributed by atoms with Gasteiger partial charge in [-0.2, -0.15) is 0 Å². The summed E-state index contributed by atoms with van der Waals surface area (Å²) in [6, 6.07) is 10.8. The topological polar surface area (TPSA) is 63.2 Å². The first-order valence-corrected chi connectivity index (χ1v) is 12.7. The number of benzene rings is 1. The largest absolute Gasteiger partial charge is 0.450 e. The van der Waals surface area contributed by atoms with Crippen LogP contribution < -0.4 is 10.6 Å². The van der Waals surface area contributed by atoms with E-state index in [-0.39, 0.29) is 23.5 Å². The molecule has 0 saturated heterocycles. The summed E-state index contributed by atoms with van der Waals surface area (Å²) in [5.41, 5.74) is 2.66. The summed E-state index contributed by atoms with van der Waals surface area (Å²) in [6.45, 7) is 4.55. The van der Waals surface area contributed by atoms with Crippen LogP contribution in [0.1, 0.15) is 45.2 Å². The predicted octanol–water partition coefficient (Wildman–Crippen LogP) is 5.94. The van der Waals surface area contributed by atoms with Gasteiger partial charge in [0.05, 0.1) is 12.3 Å². The Morgan fingerprint density at radius 2 is 2.17 bits per heavy atom. The number of nitrogens with zero attached hydrogens (tertiary/aromatic N) is 1. The van der Waals surface area contributed by atoms with Crippen molar-refractivity contribution in [3.05, 3.63) is 72.5 Å². The third-order valence-electron chi connectivity index (χ3n) is 8.12. The van der Waals surface area contributed by atoms with Gasteiger partial charge in [0.1, 0.15) is 5.82 Å². The number of carbonyl (C=O) groups is 1. The molecule has 1 aliphatic heterocycles. The summed E-state index contributed by atoms with van der Waals surface area (Å²) in [7, 11) is 0. The van der Waals surface area contributed by atoms with Crippen LogP contribution in [0.25, 0.3) is 17.2 Å². The van der Waals surface area contributed by atoms with Crippen molar-refractivity contribution in [2.45, 2.75) is 51.1 Å². The molecule has 2 N–H and O–H groups in total. The number of alkyl carbamates (subject to hydrolysis) is 1. The highest BCUT2D eigenvalue weighted by Gasteiger charge is 2.51. The molecule has 1 aromatic heterocycles. The highest BCUT2D eigenvalue weighted by atomic mass is 19.1. The lowest BCUT2D eigenvalue weighted by Gasteiger charge is -2.52. The molecule has 2 aromatic rings. The van der Waals surface area contributed by atoms with Gasteiger partial charge in [-0.15, -0.1) is 0 Å². The van der Waals surface area contributed by atoms with Gasteiger partial charge in [0.25, 0.3) is 0 Å². The lowest BCUT2D eigenvalue weighted by atomic mass is 9.55. The standard InChI is InChI=1S/C29H34FN3O2/c1-3-35-28(34)33-24-10-11-25-21(16-24)17-29(2)27(13-14-32-29)26(25)12-9-23-8-7-20(18-31-23)19-5-4-6-22(30)15-19/h4-9,12-15,18,21,24-27,32H,3,10-11,16-17H2,1-2H3,(H,33,34)/b12-9+/t21-,24+,25+,26-,27?,29?/m0/s1. The molecule has 2 fully saturated rings. The molecule has 3 aliphatic rings. The Hall–Kier alpha value is -3.15. The summed E-state index contributed by atoms with van der Waals surface area (Å²) >= 11 is 0. The zero-order valence-electron chi connectivity index (χ0n) is 20.4. The van der Waals surface area contributed by atoms with Crippen LogP contribution in [0.2, 0.25) is 0 Å². The highest BCUT2D eigenvalue weighted by Crippen LogP contribution is 2.52. The van der Waals surface area contributed by atoms with Gasteiger partial charge in [-0.25, -0.2) is 9.18 Å². The molecule has 0 radical (unpaired) electrons. The van der Waals surface area contributed by atoms with E-state index in [2.05, 4.69) is 47.0 Å². The maximum absolute atomic E-state index is 13.6. The van der Waals surface area contributed by atoms with E-state index in [1.165, 1.54) is 12.1 Å². The number of aromatic nitrogens is 1.